The summed E-state index contributed by atoms with van der Waals surface area (Å²) in [6.07, 6.45) is 0.859. The number of hydrogen-bond donors (Lipinski definition) is 2. The molecule has 1 saturated heterocycles. The first-order valence-electron chi connectivity index (χ1n) is 9.85. The summed E-state index contributed by atoms with van der Waals surface area (Å²) in [6.45, 7) is -0.892. The van der Waals surface area contributed by atoms with Gasteiger partial charge in [-0.3, -0.25) is 4.99 Å². The molecule has 2 N–H and O–H groups in total. The molecule has 30 heavy (non-hydrogen) atoms. The minimum absolute atomic E-state index is 0.136. The van der Waals surface area contributed by atoms with Gasteiger partial charge in [-0.05, 0) is 30.7 Å². The summed E-state index contributed by atoms with van der Waals surface area (Å²) < 4.78 is 30.0. The molecule has 0 bridgehead atoms. The average Bonchev–Trinajstić information content (AvgIpc) is 3.19. The van der Waals surface area contributed by atoms with Crippen molar-refractivity contribution in [2.24, 2.45) is 4.99 Å². The molecule has 2 heterocycles. The predicted octanol–water partition coefficient (Wildman–Crippen LogP) is 2.69. The van der Waals surface area contributed by atoms with E-state index in [4.69, 9.17) is 0 Å². The quantitative estimate of drug-likeness (QED) is 0.533. The number of hydrogen-bond acceptors (Lipinski definition) is 5. The minimum atomic E-state index is -2.84. The fourth-order valence-corrected chi connectivity index (χ4v) is 3.39. The molecule has 1 aliphatic heterocycles. The van der Waals surface area contributed by atoms with Gasteiger partial charge in [0.15, 0.2) is 5.96 Å². The van der Waals surface area contributed by atoms with Crippen molar-refractivity contribution in [3.05, 3.63) is 48.2 Å². The fraction of sp³-hybridized carbons (Fsp3) is 0.429. The number of ether oxygens (including phenoxy) is 1. The number of pyridine rings is 1. The second-order valence-electron chi connectivity index (χ2n) is 7.23. The third-order valence-electron chi connectivity index (χ3n) is 4.86. The molecule has 1 aliphatic rings. The van der Waals surface area contributed by atoms with Gasteiger partial charge in [-0.25, -0.2) is 4.98 Å². The molecule has 1 atom stereocenters. The molecule has 0 spiro atoms. The Morgan fingerprint density at radius 1 is 1.27 bits per heavy atom. The van der Waals surface area contributed by atoms with E-state index in [1.807, 2.05) is 48.2 Å². The van der Waals surface area contributed by atoms with Crippen LogP contribution in [0.3, 0.4) is 0 Å². The Morgan fingerprint density at radius 3 is 2.80 bits per heavy atom. The number of guanidine groups is 1. The maximum Gasteiger partial charge on any atom is 0.387 e. The first kappa shape index (κ1) is 21.6. The van der Waals surface area contributed by atoms with Crippen LogP contribution in [0.5, 0.6) is 5.75 Å². The number of alkyl halides is 2. The maximum absolute atomic E-state index is 12.7. The number of rotatable bonds is 7. The Balaban J connectivity index is 1.56. The van der Waals surface area contributed by atoms with Crippen LogP contribution in [0.4, 0.5) is 20.3 Å². The number of nitrogens with one attached hydrogen (secondary N) is 2. The Kier molecular flexibility index (Phi) is 7.26. The van der Waals surface area contributed by atoms with Gasteiger partial charge in [0, 0.05) is 40.3 Å². The molecule has 0 amide bonds. The minimum Gasteiger partial charge on any atom is -0.433 e. The molecule has 9 heteroatoms. The van der Waals surface area contributed by atoms with Crippen molar-refractivity contribution in [3.8, 4) is 5.75 Å². The fourth-order valence-electron chi connectivity index (χ4n) is 3.39. The zero-order valence-corrected chi connectivity index (χ0v) is 17.5. The van der Waals surface area contributed by atoms with E-state index >= 15 is 0 Å². The molecule has 0 aliphatic carbocycles. The number of aliphatic imine (C=N–C) groups is 1. The Labute approximate surface area is 175 Å². The number of benzene rings is 1. The topological polar surface area (TPSA) is 65.0 Å². The van der Waals surface area contributed by atoms with Crippen LogP contribution in [0, 0.1) is 0 Å². The molecule has 1 fully saturated rings. The number of nitrogens with zero attached hydrogens (tertiary/aromatic N) is 4. The number of aromatic nitrogens is 1. The SMILES string of the molecule is CN=C(NCc1cccc(N(C)C)n1)NC1CCN(c2ccccc2OC(F)F)C1. The lowest BCUT2D eigenvalue weighted by atomic mass is 10.2. The van der Waals surface area contributed by atoms with Gasteiger partial charge in [-0.1, -0.05) is 18.2 Å². The van der Waals surface area contributed by atoms with Crippen molar-refractivity contribution < 1.29 is 13.5 Å². The van der Waals surface area contributed by atoms with E-state index in [1.54, 1.807) is 25.2 Å². The van der Waals surface area contributed by atoms with Crippen LogP contribution in [-0.4, -0.2) is 57.8 Å². The highest BCUT2D eigenvalue weighted by molar-refractivity contribution is 5.80. The lowest BCUT2D eigenvalue weighted by molar-refractivity contribution is -0.0495. The van der Waals surface area contributed by atoms with Crippen molar-refractivity contribution in [1.82, 2.24) is 15.6 Å². The van der Waals surface area contributed by atoms with E-state index < -0.39 is 6.61 Å². The molecule has 162 valence electrons. The van der Waals surface area contributed by atoms with Gasteiger partial charge in [0.05, 0.1) is 17.9 Å². The molecular weight excluding hydrogens is 390 g/mol. The Morgan fingerprint density at radius 2 is 2.07 bits per heavy atom. The van der Waals surface area contributed by atoms with Gasteiger partial charge in [0.2, 0.25) is 0 Å². The van der Waals surface area contributed by atoms with Crippen molar-refractivity contribution in [2.45, 2.75) is 25.6 Å². The zero-order chi connectivity index (χ0) is 21.5. The molecule has 1 unspecified atom stereocenters. The Bertz CT molecular complexity index is 861. The highest BCUT2D eigenvalue weighted by Crippen LogP contribution is 2.31. The third kappa shape index (κ3) is 5.71. The molecule has 7 nitrogen and oxygen atoms in total. The Hall–Kier alpha value is -3.10. The van der Waals surface area contributed by atoms with Gasteiger partial charge in [-0.2, -0.15) is 8.78 Å². The largest absolute Gasteiger partial charge is 0.433 e. The van der Waals surface area contributed by atoms with Crippen molar-refractivity contribution in [1.29, 1.82) is 0 Å². The van der Waals surface area contributed by atoms with Crippen LogP contribution in [-0.2, 0) is 6.54 Å². The lowest BCUT2D eigenvalue weighted by Gasteiger charge is -2.22. The number of anilines is 2. The summed E-state index contributed by atoms with van der Waals surface area (Å²) in [5.41, 5.74) is 1.59. The second kappa shape index (κ2) is 10.1. The van der Waals surface area contributed by atoms with Crippen molar-refractivity contribution in [2.75, 3.05) is 44.0 Å². The van der Waals surface area contributed by atoms with Crippen LogP contribution >= 0.6 is 0 Å². The van der Waals surface area contributed by atoms with Gasteiger partial charge in [-0.15, -0.1) is 0 Å². The molecule has 2 aromatic rings. The summed E-state index contributed by atoms with van der Waals surface area (Å²) in [5.74, 6) is 1.77. The monoisotopic (exact) mass is 418 g/mol. The first-order valence-corrected chi connectivity index (χ1v) is 9.85. The van der Waals surface area contributed by atoms with E-state index in [0.29, 0.717) is 24.7 Å². The lowest BCUT2D eigenvalue weighted by Crippen LogP contribution is -2.44. The molecule has 1 aromatic carbocycles. The smallest absolute Gasteiger partial charge is 0.387 e. The molecule has 0 saturated carbocycles. The van der Waals surface area contributed by atoms with Crippen LogP contribution in [0.25, 0.3) is 0 Å². The number of halogens is 2. The van der Waals surface area contributed by atoms with Crippen LogP contribution in [0.15, 0.2) is 47.5 Å². The zero-order valence-electron chi connectivity index (χ0n) is 17.5. The molecular formula is C21H28F2N6O. The summed E-state index contributed by atoms with van der Waals surface area (Å²) in [5, 5.41) is 6.69. The standard InChI is InChI=1S/C21H28F2N6O/c1-24-21(25-13-15-7-6-10-19(26-15)28(2)3)27-16-11-12-29(14-16)17-8-4-5-9-18(17)30-20(22)23/h4-10,16,20H,11-14H2,1-3H3,(H2,24,25,27). The van der Waals surface area contributed by atoms with E-state index in [9.17, 15) is 8.78 Å². The molecule has 0 radical (unpaired) electrons. The van der Waals surface area contributed by atoms with E-state index in [1.165, 1.54) is 0 Å². The highest BCUT2D eigenvalue weighted by Gasteiger charge is 2.26. The predicted molar refractivity (Wildman–Crippen MR) is 116 cm³/mol. The summed E-state index contributed by atoms with van der Waals surface area (Å²) in [7, 11) is 5.63. The first-order chi connectivity index (χ1) is 14.5. The van der Waals surface area contributed by atoms with E-state index in [0.717, 1.165) is 24.5 Å². The van der Waals surface area contributed by atoms with E-state index in [2.05, 4.69) is 25.3 Å². The summed E-state index contributed by atoms with van der Waals surface area (Å²) >= 11 is 0. The average molecular weight is 418 g/mol. The number of para-hydroxylation sites is 2. The van der Waals surface area contributed by atoms with Crippen LogP contribution in [0.1, 0.15) is 12.1 Å². The van der Waals surface area contributed by atoms with Gasteiger partial charge < -0.3 is 25.2 Å². The summed E-state index contributed by atoms with van der Waals surface area (Å²) in [6, 6.07) is 12.9. The van der Waals surface area contributed by atoms with E-state index in [-0.39, 0.29) is 11.8 Å². The normalized spacial score (nSPS) is 16.7. The van der Waals surface area contributed by atoms with Gasteiger partial charge in [0.1, 0.15) is 11.6 Å². The third-order valence-corrected chi connectivity index (χ3v) is 4.86. The van der Waals surface area contributed by atoms with Crippen molar-refractivity contribution in [3.63, 3.8) is 0 Å². The van der Waals surface area contributed by atoms with Crippen LogP contribution in [0.2, 0.25) is 0 Å². The summed E-state index contributed by atoms with van der Waals surface area (Å²) in [4.78, 5) is 12.9. The van der Waals surface area contributed by atoms with Crippen molar-refractivity contribution >= 4 is 17.5 Å². The van der Waals surface area contributed by atoms with Gasteiger partial charge >= 0.3 is 6.61 Å². The molecule has 3 rings (SSSR count). The van der Waals surface area contributed by atoms with Crippen LogP contribution < -0.4 is 25.2 Å². The highest BCUT2D eigenvalue weighted by atomic mass is 19.3. The van der Waals surface area contributed by atoms with Gasteiger partial charge in [0.25, 0.3) is 0 Å². The molecule has 1 aromatic heterocycles. The second-order valence-corrected chi connectivity index (χ2v) is 7.23. The maximum atomic E-state index is 12.7.